The first-order valence-corrected chi connectivity index (χ1v) is 9.46. The molecule has 1 heterocycles. The third kappa shape index (κ3) is 8.96. The van der Waals surface area contributed by atoms with E-state index in [4.69, 9.17) is 15.3 Å². The molecular formula is C17H26N4O10. The minimum Gasteiger partial charge on any atom is -0.481 e. The van der Waals surface area contributed by atoms with Gasteiger partial charge in [0.15, 0.2) is 0 Å². The molecule has 0 bridgehead atoms. The van der Waals surface area contributed by atoms with Gasteiger partial charge in [0, 0.05) is 6.42 Å². The molecule has 4 unspecified atom stereocenters. The number of carboxylic acid groups (broad SMARTS) is 3. The van der Waals surface area contributed by atoms with E-state index in [1.165, 1.54) is 0 Å². The highest BCUT2D eigenvalue weighted by atomic mass is 16.4. The van der Waals surface area contributed by atoms with Crippen LogP contribution in [-0.4, -0.2) is 93.4 Å². The van der Waals surface area contributed by atoms with Crippen molar-refractivity contribution in [3.63, 3.8) is 0 Å². The summed E-state index contributed by atoms with van der Waals surface area (Å²) in [6.45, 7) is -0.219. The van der Waals surface area contributed by atoms with E-state index in [1.54, 1.807) is 0 Å². The standard InChI is InChI=1S/C17H26N4O10/c22-7-11(21-14(27)8-2-1-5-18-8)16(29)20-10(6-13(25)26)15(28)19-9(17(30)31)3-4-12(23)24/h8-11,18,22H,1-7H2,(H,19,28)(H,20,29)(H,21,27)(H,23,24)(H,25,26)(H,30,31). The summed E-state index contributed by atoms with van der Waals surface area (Å²) in [4.78, 5) is 69.8. The van der Waals surface area contributed by atoms with Gasteiger partial charge in [-0.25, -0.2) is 4.79 Å². The number of carbonyl (C=O) groups excluding carboxylic acids is 3. The van der Waals surface area contributed by atoms with Crippen LogP contribution in [0.5, 0.6) is 0 Å². The van der Waals surface area contributed by atoms with Crippen LogP contribution in [0.15, 0.2) is 0 Å². The van der Waals surface area contributed by atoms with E-state index in [0.29, 0.717) is 13.0 Å². The van der Waals surface area contributed by atoms with Crippen LogP contribution in [0.25, 0.3) is 0 Å². The van der Waals surface area contributed by atoms with Gasteiger partial charge in [-0.05, 0) is 25.8 Å². The Morgan fingerprint density at radius 1 is 0.871 bits per heavy atom. The van der Waals surface area contributed by atoms with E-state index in [-0.39, 0.29) is 0 Å². The van der Waals surface area contributed by atoms with E-state index in [1.807, 2.05) is 5.32 Å². The molecule has 1 aliphatic rings. The quantitative estimate of drug-likeness (QED) is 0.139. The average Bonchev–Trinajstić information content (AvgIpc) is 3.22. The Morgan fingerprint density at radius 2 is 1.48 bits per heavy atom. The molecule has 8 N–H and O–H groups in total. The lowest BCUT2D eigenvalue weighted by Gasteiger charge is -2.23. The molecule has 1 rings (SSSR count). The molecule has 4 atom stereocenters. The van der Waals surface area contributed by atoms with E-state index < -0.39 is 85.7 Å². The molecule has 0 radical (unpaired) electrons. The predicted molar refractivity (Wildman–Crippen MR) is 101 cm³/mol. The zero-order chi connectivity index (χ0) is 23.6. The van der Waals surface area contributed by atoms with E-state index in [9.17, 15) is 33.9 Å². The predicted octanol–water partition coefficient (Wildman–Crippen LogP) is -3.39. The zero-order valence-electron chi connectivity index (χ0n) is 16.5. The molecule has 0 spiro atoms. The molecular weight excluding hydrogens is 420 g/mol. The highest BCUT2D eigenvalue weighted by Gasteiger charge is 2.32. The van der Waals surface area contributed by atoms with Crippen LogP contribution in [0.2, 0.25) is 0 Å². The number of aliphatic hydroxyl groups excluding tert-OH is 1. The maximum absolute atomic E-state index is 12.4. The van der Waals surface area contributed by atoms with Crippen molar-refractivity contribution < 1.29 is 49.2 Å². The zero-order valence-corrected chi connectivity index (χ0v) is 16.5. The van der Waals surface area contributed by atoms with Gasteiger partial charge in [-0.3, -0.25) is 24.0 Å². The van der Waals surface area contributed by atoms with E-state index >= 15 is 0 Å². The largest absolute Gasteiger partial charge is 0.481 e. The number of carbonyl (C=O) groups is 6. The van der Waals surface area contributed by atoms with Crippen molar-refractivity contribution in [2.24, 2.45) is 0 Å². The van der Waals surface area contributed by atoms with Gasteiger partial charge in [0.1, 0.15) is 18.1 Å². The second kappa shape index (κ2) is 12.4. The van der Waals surface area contributed by atoms with Gasteiger partial charge in [-0.2, -0.15) is 0 Å². The first-order chi connectivity index (χ1) is 14.5. The molecule has 1 aliphatic heterocycles. The summed E-state index contributed by atoms with van der Waals surface area (Å²) in [6.07, 6.45) is -0.669. The summed E-state index contributed by atoms with van der Waals surface area (Å²) >= 11 is 0. The Morgan fingerprint density at radius 3 is 1.97 bits per heavy atom. The Kier molecular flexibility index (Phi) is 10.3. The van der Waals surface area contributed by atoms with E-state index in [2.05, 4.69) is 16.0 Å². The molecule has 1 saturated heterocycles. The summed E-state index contributed by atoms with van der Waals surface area (Å²) in [5.41, 5.74) is 0. The SMILES string of the molecule is O=C(O)CCC(NC(=O)C(CC(=O)O)NC(=O)C(CO)NC(=O)C1CCCN1)C(=O)O. The summed E-state index contributed by atoms with van der Waals surface area (Å²) in [6, 6.07) is -5.38. The second-order valence-electron chi connectivity index (χ2n) is 6.88. The van der Waals surface area contributed by atoms with Crippen LogP contribution in [0.3, 0.4) is 0 Å². The lowest BCUT2D eigenvalue weighted by Crippen LogP contribution is -2.58. The average molecular weight is 446 g/mol. The molecule has 3 amide bonds. The van der Waals surface area contributed by atoms with Crippen LogP contribution in [0, 0.1) is 0 Å². The third-order valence-corrected chi connectivity index (χ3v) is 4.47. The van der Waals surface area contributed by atoms with Gasteiger partial charge >= 0.3 is 17.9 Å². The molecule has 0 aliphatic carbocycles. The monoisotopic (exact) mass is 446 g/mol. The second-order valence-corrected chi connectivity index (χ2v) is 6.88. The van der Waals surface area contributed by atoms with Gasteiger partial charge < -0.3 is 41.7 Å². The van der Waals surface area contributed by atoms with Crippen molar-refractivity contribution in [1.29, 1.82) is 0 Å². The minimum absolute atomic E-state index is 0.464. The first kappa shape index (κ1) is 25.8. The molecule has 174 valence electrons. The van der Waals surface area contributed by atoms with Crippen molar-refractivity contribution in [2.45, 2.75) is 56.3 Å². The molecule has 14 heteroatoms. The number of hydrogen-bond acceptors (Lipinski definition) is 8. The normalized spacial score (nSPS) is 18.3. The van der Waals surface area contributed by atoms with Crippen molar-refractivity contribution in [2.75, 3.05) is 13.2 Å². The van der Waals surface area contributed by atoms with Gasteiger partial charge in [-0.1, -0.05) is 0 Å². The summed E-state index contributed by atoms with van der Waals surface area (Å²) in [5, 5.41) is 45.4. The number of aliphatic hydroxyl groups is 1. The lowest BCUT2D eigenvalue weighted by atomic mass is 10.1. The van der Waals surface area contributed by atoms with Gasteiger partial charge in [-0.15, -0.1) is 0 Å². The minimum atomic E-state index is -1.73. The fourth-order valence-corrected chi connectivity index (χ4v) is 2.83. The highest BCUT2D eigenvalue weighted by Crippen LogP contribution is 2.05. The number of hydrogen-bond donors (Lipinski definition) is 8. The van der Waals surface area contributed by atoms with E-state index in [0.717, 1.165) is 6.42 Å². The Balaban J connectivity index is 2.81. The number of amides is 3. The number of rotatable bonds is 13. The van der Waals surface area contributed by atoms with Gasteiger partial charge in [0.05, 0.1) is 19.1 Å². The van der Waals surface area contributed by atoms with Crippen molar-refractivity contribution in [3.8, 4) is 0 Å². The summed E-state index contributed by atoms with van der Waals surface area (Å²) in [5.74, 6) is -7.10. The maximum atomic E-state index is 12.4. The van der Waals surface area contributed by atoms with Gasteiger partial charge in [0.2, 0.25) is 17.7 Å². The molecule has 0 aromatic heterocycles. The lowest BCUT2D eigenvalue weighted by molar-refractivity contribution is -0.144. The molecule has 0 aromatic carbocycles. The highest BCUT2D eigenvalue weighted by molar-refractivity contribution is 5.95. The Hall–Kier alpha value is -3.26. The number of aliphatic carboxylic acids is 3. The number of nitrogens with one attached hydrogen (secondary N) is 4. The van der Waals surface area contributed by atoms with Crippen LogP contribution in [0.1, 0.15) is 32.1 Å². The van der Waals surface area contributed by atoms with Crippen LogP contribution < -0.4 is 21.3 Å². The summed E-state index contributed by atoms with van der Waals surface area (Å²) in [7, 11) is 0. The first-order valence-electron chi connectivity index (χ1n) is 9.46. The van der Waals surface area contributed by atoms with Crippen molar-refractivity contribution >= 4 is 35.6 Å². The molecule has 0 aromatic rings. The van der Waals surface area contributed by atoms with Crippen LogP contribution in [-0.2, 0) is 28.8 Å². The topological polar surface area (TPSA) is 231 Å². The molecule has 31 heavy (non-hydrogen) atoms. The fraction of sp³-hybridized carbons (Fsp3) is 0.647. The Labute approximate surface area is 176 Å². The Bertz CT molecular complexity index is 707. The molecule has 1 fully saturated rings. The van der Waals surface area contributed by atoms with Crippen molar-refractivity contribution in [1.82, 2.24) is 21.3 Å². The molecule has 0 saturated carbocycles. The third-order valence-electron chi connectivity index (χ3n) is 4.47. The fourth-order valence-electron chi connectivity index (χ4n) is 2.83. The smallest absolute Gasteiger partial charge is 0.326 e. The van der Waals surface area contributed by atoms with Crippen LogP contribution in [0.4, 0.5) is 0 Å². The maximum Gasteiger partial charge on any atom is 0.326 e. The van der Waals surface area contributed by atoms with Crippen LogP contribution >= 0.6 is 0 Å². The van der Waals surface area contributed by atoms with Gasteiger partial charge in [0.25, 0.3) is 0 Å². The summed E-state index contributed by atoms with van der Waals surface area (Å²) < 4.78 is 0. The van der Waals surface area contributed by atoms with Crippen molar-refractivity contribution in [3.05, 3.63) is 0 Å². The number of carboxylic acids is 3. The molecule has 14 nitrogen and oxygen atoms in total.